The van der Waals surface area contributed by atoms with Crippen LogP contribution in [0.2, 0.25) is 0 Å². The van der Waals surface area contributed by atoms with Crippen molar-refractivity contribution in [3.8, 4) is 0 Å². The van der Waals surface area contributed by atoms with Crippen LogP contribution >= 0.6 is 0 Å². The van der Waals surface area contributed by atoms with Gasteiger partial charge in [-0.2, -0.15) is 0 Å². The molecule has 0 bridgehead atoms. The van der Waals surface area contributed by atoms with Gasteiger partial charge in [0.15, 0.2) is 0 Å². The van der Waals surface area contributed by atoms with Gasteiger partial charge in [-0.05, 0) is 31.2 Å². The van der Waals surface area contributed by atoms with Gasteiger partial charge in [-0.15, -0.1) is 0 Å². The van der Waals surface area contributed by atoms with Gasteiger partial charge in [-0.3, -0.25) is 0 Å². The molecule has 1 heterocycles. The van der Waals surface area contributed by atoms with Crippen molar-refractivity contribution in [1.29, 1.82) is 0 Å². The number of hydrogen-bond acceptors (Lipinski definition) is 4. The quantitative estimate of drug-likeness (QED) is 0.823. The lowest BCUT2D eigenvalue weighted by atomic mass is 9.68. The molecule has 0 spiro atoms. The van der Waals surface area contributed by atoms with E-state index in [1.807, 2.05) is 0 Å². The van der Waals surface area contributed by atoms with E-state index >= 15 is 0 Å². The van der Waals surface area contributed by atoms with Gasteiger partial charge in [-0.1, -0.05) is 20.3 Å². The predicted molar refractivity (Wildman–Crippen MR) is 81.6 cm³/mol. The average Bonchev–Trinajstić information content (AvgIpc) is 2.35. The van der Waals surface area contributed by atoms with Crippen molar-refractivity contribution in [2.75, 3.05) is 33.4 Å². The van der Waals surface area contributed by atoms with Crippen molar-refractivity contribution >= 4 is 0 Å². The Bertz CT molecular complexity index is 314. The van der Waals surface area contributed by atoms with E-state index in [0.717, 1.165) is 25.9 Å². The van der Waals surface area contributed by atoms with Gasteiger partial charge in [0.05, 0.1) is 5.60 Å². The molecule has 1 aliphatic heterocycles. The largest absolute Gasteiger partial charge is 0.388 e. The van der Waals surface area contributed by atoms with E-state index in [4.69, 9.17) is 10.5 Å². The highest BCUT2D eigenvalue weighted by Gasteiger charge is 2.38. The highest BCUT2D eigenvalue weighted by molar-refractivity contribution is 4.93. The summed E-state index contributed by atoms with van der Waals surface area (Å²) in [6.07, 6.45) is 5.22. The molecule has 0 amide bonds. The van der Waals surface area contributed by atoms with Crippen LogP contribution in [0.4, 0.5) is 0 Å². The Morgan fingerprint density at radius 3 is 2.55 bits per heavy atom. The van der Waals surface area contributed by atoms with E-state index < -0.39 is 5.60 Å². The summed E-state index contributed by atoms with van der Waals surface area (Å²) in [5.74, 6) is 0.548. The number of ether oxygens (including phenoxy) is 1. The fourth-order valence-electron chi connectivity index (χ4n) is 3.89. The molecule has 2 rings (SSSR count). The van der Waals surface area contributed by atoms with Crippen LogP contribution in [0, 0.1) is 11.3 Å². The first-order valence-electron chi connectivity index (χ1n) is 8.07. The van der Waals surface area contributed by atoms with Crippen molar-refractivity contribution in [3.63, 3.8) is 0 Å². The number of hydrogen-bond donors (Lipinski definition) is 2. The standard InChI is InChI=1S/C16H32N2O2/c1-15(2)6-4-5-13(14(15)17)11-18(3)12-16(19)7-9-20-10-8-16/h13-14,19H,4-12,17H2,1-3H3. The minimum absolute atomic E-state index is 0.249. The first-order valence-corrected chi connectivity index (χ1v) is 8.07. The van der Waals surface area contributed by atoms with E-state index in [-0.39, 0.29) is 11.5 Å². The number of aliphatic hydroxyl groups is 1. The van der Waals surface area contributed by atoms with Crippen LogP contribution in [0.25, 0.3) is 0 Å². The van der Waals surface area contributed by atoms with Gasteiger partial charge in [0.1, 0.15) is 0 Å². The summed E-state index contributed by atoms with van der Waals surface area (Å²) in [6, 6.07) is 0.267. The molecule has 2 fully saturated rings. The zero-order chi connectivity index (χ0) is 14.8. The highest BCUT2D eigenvalue weighted by atomic mass is 16.5. The molecule has 1 aliphatic carbocycles. The fraction of sp³-hybridized carbons (Fsp3) is 1.00. The minimum atomic E-state index is -0.568. The molecule has 4 heteroatoms. The Morgan fingerprint density at radius 2 is 1.90 bits per heavy atom. The van der Waals surface area contributed by atoms with E-state index in [2.05, 4.69) is 25.8 Å². The molecular formula is C16H32N2O2. The lowest BCUT2D eigenvalue weighted by Crippen LogP contribution is -2.52. The Morgan fingerprint density at radius 1 is 1.25 bits per heavy atom. The molecular weight excluding hydrogens is 252 g/mol. The van der Waals surface area contributed by atoms with Gasteiger partial charge in [-0.25, -0.2) is 0 Å². The molecule has 20 heavy (non-hydrogen) atoms. The molecule has 0 radical (unpaired) electrons. The lowest BCUT2D eigenvalue weighted by Gasteiger charge is -2.44. The molecule has 0 aromatic rings. The Hall–Kier alpha value is -0.160. The summed E-state index contributed by atoms with van der Waals surface area (Å²) >= 11 is 0. The summed E-state index contributed by atoms with van der Waals surface area (Å²) in [5.41, 5.74) is 6.14. The number of nitrogens with zero attached hydrogens (tertiary/aromatic N) is 1. The smallest absolute Gasteiger partial charge is 0.0817 e. The molecule has 2 aliphatic rings. The van der Waals surface area contributed by atoms with E-state index in [1.165, 1.54) is 19.3 Å². The second-order valence-corrected chi connectivity index (χ2v) is 7.70. The molecule has 3 N–H and O–H groups in total. The van der Waals surface area contributed by atoms with E-state index in [0.29, 0.717) is 19.1 Å². The summed E-state index contributed by atoms with van der Waals surface area (Å²) in [5, 5.41) is 10.6. The molecule has 118 valence electrons. The van der Waals surface area contributed by atoms with Crippen molar-refractivity contribution in [1.82, 2.24) is 4.90 Å². The van der Waals surface area contributed by atoms with Crippen LogP contribution in [-0.2, 0) is 4.74 Å². The molecule has 1 saturated heterocycles. The summed E-state index contributed by atoms with van der Waals surface area (Å²) in [6.45, 7) is 7.67. The number of nitrogens with two attached hydrogens (primary N) is 1. The van der Waals surface area contributed by atoms with Crippen LogP contribution in [0.3, 0.4) is 0 Å². The third-order valence-corrected chi connectivity index (χ3v) is 5.34. The van der Waals surface area contributed by atoms with Crippen LogP contribution in [0.15, 0.2) is 0 Å². The third kappa shape index (κ3) is 3.94. The van der Waals surface area contributed by atoms with Gasteiger partial charge < -0.3 is 20.5 Å². The Kier molecular flexibility index (Phi) is 5.11. The van der Waals surface area contributed by atoms with Crippen molar-refractivity contribution in [2.45, 2.75) is 57.6 Å². The normalized spacial score (nSPS) is 33.3. The monoisotopic (exact) mass is 284 g/mol. The zero-order valence-electron chi connectivity index (χ0n) is 13.4. The van der Waals surface area contributed by atoms with Crippen LogP contribution < -0.4 is 5.73 Å². The zero-order valence-corrected chi connectivity index (χ0v) is 13.4. The SMILES string of the molecule is CN(CC1CCCC(C)(C)C1N)CC1(O)CCOCC1. The van der Waals surface area contributed by atoms with E-state index in [9.17, 15) is 5.11 Å². The van der Waals surface area contributed by atoms with Gasteiger partial charge in [0.25, 0.3) is 0 Å². The van der Waals surface area contributed by atoms with Gasteiger partial charge >= 0.3 is 0 Å². The van der Waals surface area contributed by atoms with Crippen LogP contribution in [0.1, 0.15) is 46.0 Å². The van der Waals surface area contributed by atoms with Crippen LogP contribution in [0.5, 0.6) is 0 Å². The highest BCUT2D eigenvalue weighted by Crippen LogP contribution is 2.38. The summed E-state index contributed by atoms with van der Waals surface area (Å²) < 4.78 is 5.34. The summed E-state index contributed by atoms with van der Waals surface area (Å²) in [4.78, 5) is 2.28. The second kappa shape index (κ2) is 6.30. The first kappa shape index (κ1) is 16.2. The third-order valence-electron chi connectivity index (χ3n) is 5.34. The van der Waals surface area contributed by atoms with Gasteiger partial charge in [0.2, 0.25) is 0 Å². The van der Waals surface area contributed by atoms with E-state index in [1.54, 1.807) is 0 Å². The molecule has 4 nitrogen and oxygen atoms in total. The fourth-order valence-corrected chi connectivity index (χ4v) is 3.89. The maximum absolute atomic E-state index is 10.6. The Labute approximate surface area is 123 Å². The molecule has 0 aromatic carbocycles. The first-order chi connectivity index (χ1) is 9.32. The predicted octanol–water partition coefficient (Wildman–Crippen LogP) is 1.61. The van der Waals surface area contributed by atoms with Crippen molar-refractivity contribution in [3.05, 3.63) is 0 Å². The van der Waals surface area contributed by atoms with Crippen molar-refractivity contribution < 1.29 is 9.84 Å². The molecule has 2 atom stereocenters. The number of likely N-dealkylation sites (N-methyl/N-ethyl adjacent to an activating group) is 1. The van der Waals surface area contributed by atoms with Gasteiger partial charge in [0, 0.05) is 45.2 Å². The lowest BCUT2D eigenvalue weighted by molar-refractivity contribution is -0.0793. The summed E-state index contributed by atoms with van der Waals surface area (Å²) in [7, 11) is 2.11. The number of rotatable bonds is 4. The Balaban J connectivity index is 1.86. The molecule has 0 aromatic heterocycles. The van der Waals surface area contributed by atoms with Crippen molar-refractivity contribution in [2.24, 2.45) is 17.1 Å². The van der Waals surface area contributed by atoms with Crippen LogP contribution in [-0.4, -0.2) is 55.0 Å². The molecule has 1 saturated carbocycles. The second-order valence-electron chi connectivity index (χ2n) is 7.70. The molecule has 2 unspecified atom stereocenters. The minimum Gasteiger partial charge on any atom is -0.388 e. The maximum atomic E-state index is 10.6. The maximum Gasteiger partial charge on any atom is 0.0817 e. The topological polar surface area (TPSA) is 58.7 Å². The average molecular weight is 284 g/mol.